The van der Waals surface area contributed by atoms with Gasteiger partial charge in [-0.15, -0.1) is 12.4 Å². The Morgan fingerprint density at radius 2 is 1.46 bits per heavy atom. The maximum absolute atomic E-state index is 12.5. The second-order valence-electron chi connectivity index (χ2n) is 6.91. The lowest BCUT2D eigenvalue weighted by Gasteiger charge is -2.19. The van der Waals surface area contributed by atoms with Gasteiger partial charge in [-0.1, -0.05) is 45.0 Å². The highest BCUT2D eigenvalue weighted by Crippen LogP contribution is 2.24. The number of hydrogen-bond acceptors (Lipinski definition) is 3. The molecule has 0 unspecified atom stereocenters. The molecule has 0 aliphatic heterocycles. The van der Waals surface area contributed by atoms with Crippen molar-refractivity contribution < 1.29 is 9.59 Å². The first-order chi connectivity index (χ1) is 11.8. The molecular formula is C20H26ClN3O2. The monoisotopic (exact) mass is 375 g/mol. The van der Waals surface area contributed by atoms with E-state index in [1.807, 2.05) is 24.3 Å². The summed E-state index contributed by atoms with van der Waals surface area (Å²) in [7, 11) is 0. The SMILES string of the molecule is CC(C)(C)c1ccc(C(=O)Nc2ccccc2NC(=O)CCN)cc1.Cl. The van der Waals surface area contributed by atoms with Gasteiger partial charge in [0.05, 0.1) is 11.4 Å². The fraction of sp³-hybridized carbons (Fsp3) is 0.300. The Bertz CT molecular complexity index is 752. The molecule has 4 N–H and O–H groups in total. The van der Waals surface area contributed by atoms with E-state index in [1.165, 1.54) is 5.56 Å². The van der Waals surface area contributed by atoms with Gasteiger partial charge in [0.25, 0.3) is 5.91 Å². The van der Waals surface area contributed by atoms with Crippen LogP contribution in [0.2, 0.25) is 0 Å². The Morgan fingerprint density at radius 1 is 0.923 bits per heavy atom. The van der Waals surface area contributed by atoms with Gasteiger partial charge in [-0.05, 0) is 35.2 Å². The van der Waals surface area contributed by atoms with Crippen LogP contribution < -0.4 is 16.4 Å². The fourth-order valence-corrected chi connectivity index (χ4v) is 2.36. The number of carbonyl (C=O) groups is 2. The topological polar surface area (TPSA) is 84.2 Å². The molecule has 0 atom stereocenters. The van der Waals surface area contributed by atoms with Crippen LogP contribution in [0.25, 0.3) is 0 Å². The Hall–Kier alpha value is -2.37. The molecule has 26 heavy (non-hydrogen) atoms. The molecule has 2 amide bonds. The van der Waals surface area contributed by atoms with Crippen LogP contribution in [0.3, 0.4) is 0 Å². The normalized spacial score (nSPS) is 10.6. The van der Waals surface area contributed by atoms with E-state index < -0.39 is 0 Å². The van der Waals surface area contributed by atoms with E-state index in [4.69, 9.17) is 5.73 Å². The summed E-state index contributed by atoms with van der Waals surface area (Å²) in [5, 5.41) is 5.61. The van der Waals surface area contributed by atoms with Gasteiger partial charge >= 0.3 is 0 Å². The van der Waals surface area contributed by atoms with Crippen molar-refractivity contribution in [3.05, 3.63) is 59.7 Å². The van der Waals surface area contributed by atoms with Crippen molar-refractivity contribution in [3.63, 3.8) is 0 Å². The second kappa shape index (κ2) is 9.36. The lowest BCUT2D eigenvalue weighted by atomic mass is 9.87. The molecule has 0 saturated heterocycles. The molecule has 6 heteroatoms. The average Bonchev–Trinajstić information content (AvgIpc) is 2.56. The number of hydrogen-bond donors (Lipinski definition) is 3. The van der Waals surface area contributed by atoms with Crippen molar-refractivity contribution in [1.82, 2.24) is 0 Å². The molecule has 2 aromatic carbocycles. The second-order valence-corrected chi connectivity index (χ2v) is 6.91. The summed E-state index contributed by atoms with van der Waals surface area (Å²) in [5.74, 6) is -0.403. The summed E-state index contributed by atoms with van der Waals surface area (Å²) < 4.78 is 0. The van der Waals surface area contributed by atoms with Gasteiger partial charge in [0.2, 0.25) is 5.91 Å². The maximum atomic E-state index is 12.5. The highest BCUT2D eigenvalue weighted by Gasteiger charge is 2.15. The van der Waals surface area contributed by atoms with Crippen LogP contribution in [0.15, 0.2) is 48.5 Å². The standard InChI is InChI=1S/C20H25N3O2.ClH/c1-20(2,3)15-10-8-14(9-11-15)19(25)23-17-7-5-4-6-16(17)22-18(24)12-13-21;/h4-11H,12-13,21H2,1-3H3,(H,22,24)(H,23,25);1H. The van der Waals surface area contributed by atoms with E-state index in [9.17, 15) is 9.59 Å². The van der Waals surface area contributed by atoms with Crippen molar-refractivity contribution in [1.29, 1.82) is 0 Å². The molecule has 0 bridgehead atoms. The average molecular weight is 376 g/mol. The maximum Gasteiger partial charge on any atom is 0.255 e. The number of nitrogens with one attached hydrogen (secondary N) is 2. The number of benzene rings is 2. The van der Waals surface area contributed by atoms with E-state index >= 15 is 0 Å². The Balaban J connectivity index is 0.00000338. The van der Waals surface area contributed by atoms with Crippen LogP contribution in [-0.4, -0.2) is 18.4 Å². The summed E-state index contributed by atoms with van der Waals surface area (Å²) in [5.41, 5.74) is 8.27. The lowest BCUT2D eigenvalue weighted by Crippen LogP contribution is -2.19. The van der Waals surface area contributed by atoms with E-state index in [0.717, 1.165) is 0 Å². The summed E-state index contributed by atoms with van der Waals surface area (Å²) >= 11 is 0. The van der Waals surface area contributed by atoms with Crippen molar-refractivity contribution in [2.45, 2.75) is 32.6 Å². The number of amides is 2. The quantitative estimate of drug-likeness (QED) is 0.739. The molecule has 5 nitrogen and oxygen atoms in total. The molecule has 2 aromatic rings. The lowest BCUT2D eigenvalue weighted by molar-refractivity contribution is -0.116. The van der Waals surface area contributed by atoms with Crippen molar-refractivity contribution in [3.8, 4) is 0 Å². The van der Waals surface area contributed by atoms with Gasteiger partial charge in [-0.25, -0.2) is 0 Å². The van der Waals surface area contributed by atoms with Gasteiger partial charge in [-0.2, -0.15) is 0 Å². The number of anilines is 2. The zero-order valence-electron chi connectivity index (χ0n) is 15.3. The van der Waals surface area contributed by atoms with E-state index in [1.54, 1.807) is 24.3 Å². The van der Waals surface area contributed by atoms with Crippen LogP contribution in [0, 0.1) is 0 Å². The van der Waals surface area contributed by atoms with Crippen molar-refractivity contribution in [2.24, 2.45) is 5.73 Å². The first-order valence-electron chi connectivity index (χ1n) is 8.32. The Morgan fingerprint density at radius 3 is 1.96 bits per heavy atom. The largest absolute Gasteiger partial charge is 0.330 e. The first kappa shape index (κ1) is 21.7. The molecule has 140 valence electrons. The van der Waals surface area contributed by atoms with E-state index in [2.05, 4.69) is 31.4 Å². The Kier molecular flexibility index (Phi) is 7.80. The third-order valence-electron chi connectivity index (χ3n) is 3.83. The zero-order valence-corrected chi connectivity index (χ0v) is 16.2. The molecule has 0 aliphatic rings. The predicted octanol–water partition coefficient (Wildman–Crippen LogP) is 3.95. The minimum atomic E-state index is -0.221. The number of rotatable bonds is 5. The van der Waals surface area contributed by atoms with Crippen LogP contribution in [-0.2, 0) is 10.2 Å². The third kappa shape index (κ3) is 5.86. The molecule has 0 heterocycles. The number of nitrogens with two attached hydrogens (primary N) is 1. The highest BCUT2D eigenvalue weighted by atomic mass is 35.5. The van der Waals surface area contributed by atoms with Crippen LogP contribution >= 0.6 is 12.4 Å². The van der Waals surface area contributed by atoms with Crippen LogP contribution in [0.5, 0.6) is 0 Å². The molecule has 0 aliphatic carbocycles. The van der Waals surface area contributed by atoms with Crippen LogP contribution in [0.4, 0.5) is 11.4 Å². The van der Waals surface area contributed by atoms with Gasteiger partial charge < -0.3 is 16.4 Å². The minimum Gasteiger partial charge on any atom is -0.330 e. The smallest absolute Gasteiger partial charge is 0.255 e. The molecule has 0 spiro atoms. The zero-order chi connectivity index (χ0) is 18.4. The molecule has 0 saturated carbocycles. The van der Waals surface area contributed by atoms with Crippen molar-refractivity contribution >= 4 is 35.6 Å². The van der Waals surface area contributed by atoms with Gasteiger partial charge in [-0.3, -0.25) is 9.59 Å². The molecule has 2 rings (SSSR count). The van der Waals surface area contributed by atoms with Gasteiger partial charge in [0, 0.05) is 18.5 Å². The minimum absolute atomic E-state index is 0. The predicted molar refractivity (Wildman–Crippen MR) is 109 cm³/mol. The summed E-state index contributed by atoms with van der Waals surface area (Å²) in [6.45, 7) is 6.66. The third-order valence-corrected chi connectivity index (χ3v) is 3.83. The number of carbonyl (C=O) groups excluding carboxylic acids is 2. The van der Waals surface area contributed by atoms with Crippen molar-refractivity contribution in [2.75, 3.05) is 17.2 Å². The first-order valence-corrected chi connectivity index (χ1v) is 8.32. The molecular weight excluding hydrogens is 350 g/mol. The van der Waals surface area contributed by atoms with Crippen LogP contribution in [0.1, 0.15) is 43.1 Å². The van der Waals surface area contributed by atoms with E-state index in [0.29, 0.717) is 16.9 Å². The fourth-order valence-electron chi connectivity index (χ4n) is 2.36. The molecule has 0 aromatic heterocycles. The molecule has 0 radical (unpaired) electrons. The molecule has 0 fully saturated rings. The number of para-hydroxylation sites is 2. The Labute approximate surface area is 160 Å². The number of halogens is 1. The van der Waals surface area contributed by atoms with E-state index in [-0.39, 0.29) is 42.6 Å². The van der Waals surface area contributed by atoms with Gasteiger partial charge in [0.1, 0.15) is 0 Å². The summed E-state index contributed by atoms with van der Waals surface area (Å²) in [6, 6.07) is 14.6. The summed E-state index contributed by atoms with van der Waals surface area (Å²) in [6.07, 6.45) is 0.233. The highest BCUT2D eigenvalue weighted by molar-refractivity contribution is 6.07. The summed E-state index contributed by atoms with van der Waals surface area (Å²) in [4.78, 5) is 24.2. The van der Waals surface area contributed by atoms with Gasteiger partial charge in [0.15, 0.2) is 0 Å².